The normalized spacial score (nSPS) is 12.1. The molecule has 5 rings (SSSR count). The van der Waals surface area contributed by atoms with Gasteiger partial charge < -0.3 is 9.40 Å². The van der Waals surface area contributed by atoms with Crippen LogP contribution in [-0.4, -0.2) is 4.98 Å². The molecule has 24 heavy (non-hydrogen) atoms. The summed E-state index contributed by atoms with van der Waals surface area (Å²) in [6.07, 6.45) is 2.21. The number of halogens is 1. The van der Waals surface area contributed by atoms with Crippen LogP contribution >= 0.6 is 11.6 Å². The minimum absolute atomic E-state index is 0.734. The van der Waals surface area contributed by atoms with Crippen molar-refractivity contribution < 1.29 is 4.42 Å². The highest BCUT2D eigenvalue weighted by Gasteiger charge is 2.15. The van der Waals surface area contributed by atoms with E-state index in [1.165, 1.54) is 10.9 Å². The van der Waals surface area contributed by atoms with Gasteiger partial charge in [-0.3, -0.25) is 0 Å². The molecule has 0 unspecified atom stereocenters. The maximum absolute atomic E-state index is 6.35. The molecule has 0 aliphatic rings. The van der Waals surface area contributed by atoms with Crippen molar-refractivity contribution in [2.45, 2.75) is 19.8 Å². The van der Waals surface area contributed by atoms with Gasteiger partial charge in [0.05, 0.1) is 21.4 Å². The molecule has 0 spiro atoms. The quantitative estimate of drug-likeness (QED) is 0.377. The summed E-state index contributed by atoms with van der Waals surface area (Å²) in [4.78, 5) is 3.42. The largest absolute Gasteiger partial charge is 0.455 e. The van der Waals surface area contributed by atoms with E-state index in [1.807, 2.05) is 12.1 Å². The first-order valence-corrected chi connectivity index (χ1v) is 8.68. The van der Waals surface area contributed by atoms with Crippen molar-refractivity contribution in [2.75, 3.05) is 0 Å². The number of aryl methyl sites for hydroxylation is 1. The van der Waals surface area contributed by atoms with Gasteiger partial charge in [0.15, 0.2) is 0 Å². The average Bonchev–Trinajstić information content (AvgIpc) is 3.13. The Morgan fingerprint density at radius 2 is 1.88 bits per heavy atom. The second kappa shape index (κ2) is 5.02. The van der Waals surface area contributed by atoms with Crippen LogP contribution in [0.3, 0.4) is 0 Å². The minimum Gasteiger partial charge on any atom is -0.455 e. The lowest BCUT2D eigenvalue weighted by Gasteiger charge is -1.97. The van der Waals surface area contributed by atoms with Crippen molar-refractivity contribution in [3.63, 3.8) is 0 Å². The summed E-state index contributed by atoms with van der Waals surface area (Å²) in [6, 6.07) is 16.8. The summed E-state index contributed by atoms with van der Waals surface area (Å²) in [6.45, 7) is 2.20. The number of hydrogen-bond donors (Lipinski definition) is 1. The molecule has 0 fully saturated rings. The van der Waals surface area contributed by atoms with Crippen molar-refractivity contribution in [1.82, 2.24) is 4.98 Å². The summed E-state index contributed by atoms with van der Waals surface area (Å²) >= 11 is 6.35. The predicted octanol–water partition coefficient (Wildman–Crippen LogP) is 6.83. The third-order valence-corrected chi connectivity index (χ3v) is 5.10. The fraction of sp³-hybridized carbons (Fsp3) is 0.143. The molecule has 118 valence electrons. The van der Waals surface area contributed by atoms with Gasteiger partial charge in [-0.25, -0.2) is 0 Å². The van der Waals surface area contributed by atoms with Crippen LogP contribution in [0.2, 0.25) is 5.02 Å². The van der Waals surface area contributed by atoms with Crippen LogP contribution in [0, 0.1) is 0 Å². The first-order chi connectivity index (χ1) is 11.8. The molecule has 0 saturated heterocycles. The van der Waals surface area contributed by atoms with Crippen LogP contribution in [0.25, 0.3) is 43.7 Å². The molecule has 0 radical (unpaired) electrons. The smallest absolute Gasteiger partial charge is 0.145 e. The molecule has 1 N–H and O–H groups in total. The lowest BCUT2D eigenvalue weighted by atomic mass is 10.1. The minimum atomic E-state index is 0.734. The van der Waals surface area contributed by atoms with Gasteiger partial charge in [-0.15, -0.1) is 0 Å². The van der Waals surface area contributed by atoms with E-state index in [4.69, 9.17) is 16.0 Å². The highest BCUT2D eigenvalue weighted by molar-refractivity contribution is 6.37. The molecule has 0 amide bonds. The molecule has 5 aromatic rings. The molecule has 0 bridgehead atoms. The van der Waals surface area contributed by atoms with Gasteiger partial charge in [0.25, 0.3) is 0 Å². The number of hydrogen-bond acceptors (Lipinski definition) is 1. The molecule has 2 heterocycles. The molecule has 3 heteroatoms. The number of rotatable bonds is 2. The topological polar surface area (TPSA) is 28.9 Å². The zero-order valence-electron chi connectivity index (χ0n) is 13.3. The molecule has 0 atom stereocenters. The Labute approximate surface area is 144 Å². The Kier molecular flexibility index (Phi) is 2.92. The molecule has 2 aromatic heterocycles. The third-order valence-electron chi connectivity index (χ3n) is 4.79. The van der Waals surface area contributed by atoms with Gasteiger partial charge in [-0.05, 0) is 36.2 Å². The van der Waals surface area contributed by atoms with Crippen molar-refractivity contribution in [3.05, 3.63) is 59.1 Å². The summed E-state index contributed by atoms with van der Waals surface area (Å²) < 4.78 is 6.30. The molecule has 0 aliphatic heterocycles. The van der Waals surface area contributed by atoms with E-state index in [0.29, 0.717) is 0 Å². The van der Waals surface area contributed by atoms with Crippen molar-refractivity contribution >= 4 is 55.3 Å². The van der Waals surface area contributed by atoms with Crippen molar-refractivity contribution in [2.24, 2.45) is 0 Å². The Morgan fingerprint density at radius 1 is 1.00 bits per heavy atom. The standard InChI is InChI=1S/C21H16ClNO/c1-2-4-12-7-8-13-14-9-10-17-19(21(14)24-18(13)11-12)15-5-3-6-16(22)20(15)23-17/h3,5-11,23H,2,4H2,1H3. The number of aromatic nitrogens is 1. The summed E-state index contributed by atoms with van der Waals surface area (Å²) in [5.74, 6) is 0. The van der Waals surface area contributed by atoms with E-state index >= 15 is 0 Å². The van der Waals surface area contributed by atoms with Crippen molar-refractivity contribution in [3.8, 4) is 0 Å². The Balaban J connectivity index is 1.94. The molecule has 0 aliphatic carbocycles. The molecule has 3 aromatic carbocycles. The van der Waals surface area contributed by atoms with E-state index in [0.717, 1.165) is 56.2 Å². The predicted molar refractivity (Wildman–Crippen MR) is 102 cm³/mol. The fourth-order valence-electron chi connectivity index (χ4n) is 3.69. The number of furan rings is 1. The first kappa shape index (κ1) is 13.9. The number of nitrogens with one attached hydrogen (secondary N) is 1. The molecule has 2 nitrogen and oxygen atoms in total. The summed E-state index contributed by atoms with van der Waals surface area (Å²) in [5, 5.41) is 5.27. The first-order valence-electron chi connectivity index (χ1n) is 8.30. The van der Waals surface area contributed by atoms with Crippen LogP contribution in [0.4, 0.5) is 0 Å². The third kappa shape index (κ3) is 1.83. The van der Waals surface area contributed by atoms with Crippen LogP contribution in [0.1, 0.15) is 18.9 Å². The SMILES string of the molecule is CCCc1ccc2c(c1)oc1c2ccc2[nH]c3c(Cl)cccc3c21. The van der Waals surface area contributed by atoms with E-state index in [1.54, 1.807) is 0 Å². The van der Waals surface area contributed by atoms with E-state index in [9.17, 15) is 0 Å². The van der Waals surface area contributed by atoms with E-state index in [2.05, 4.69) is 48.3 Å². The van der Waals surface area contributed by atoms with Crippen LogP contribution in [0.15, 0.2) is 52.9 Å². The zero-order chi connectivity index (χ0) is 16.3. The van der Waals surface area contributed by atoms with Crippen LogP contribution < -0.4 is 0 Å². The van der Waals surface area contributed by atoms with Gasteiger partial charge in [0.2, 0.25) is 0 Å². The monoisotopic (exact) mass is 333 g/mol. The zero-order valence-corrected chi connectivity index (χ0v) is 14.1. The maximum atomic E-state index is 6.35. The number of benzene rings is 3. The lowest BCUT2D eigenvalue weighted by molar-refractivity contribution is 0.672. The fourth-order valence-corrected chi connectivity index (χ4v) is 3.92. The second-order valence-electron chi connectivity index (χ2n) is 6.33. The number of aromatic amines is 1. The van der Waals surface area contributed by atoms with Crippen molar-refractivity contribution in [1.29, 1.82) is 0 Å². The van der Waals surface area contributed by atoms with Gasteiger partial charge in [0.1, 0.15) is 11.2 Å². The number of H-pyrrole nitrogens is 1. The van der Waals surface area contributed by atoms with Gasteiger partial charge >= 0.3 is 0 Å². The van der Waals surface area contributed by atoms with Crippen LogP contribution in [-0.2, 0) is 6.42 Å². The van der Waals surface area contributed by atoms with Gasteiger partial charge in [0, 0.05) is 16.2 Å². The summed E-state index contributed by atoms with van der Waals surface area (Å²) in [7, 11) is 0. The highest BCUT2D eigenvalue weighted by atomic mass is 35.5. The van der Waals surface area contributed by atoms with Gasteiger partial charge in [-0.2, -0.15) is 0 Å². The molecule has 0 saturated carbocycles. The molecular weight excluding hydrogens is 318 g/mol. The lowest BCUT2D eigenvalue weighted by Crippen LogP contribution is -1.80. The Bertz CT molecular complexity index is 1230. The maximum Gasteiger partial charge on any atom is 0.145 e. The highest BCUT2D eigenvalue weighted by Crippen LogP contribution is 2.39. The Morgan fingerprint density at radius 3 is 2.75 bits per heavy atom. The van der Waals surface area contributed by atoms with E-state index < -0.39 is 0 Å². The van der Waals surface area contributed by atoms with E-state index in [-0.39, 0.29) is 0 Å². The van der Waals surface area contributed by atoms with Gasteiger partial charge in [-0.1, -0.05) is 49.2 Å². The second-order valence-corrected chi connectivity index (χ2v) is 6.74. The summed E-state index contributed by atoms with van der Waals surface area (Å²) in [5.41, 5.74) is 5.24. The number of para-hydroxylation sites is 1. The van der Waals surface area contributed by atoms with Crippen LogP contribution in [0.5, 0.6) is 0 Å². The Hall–Kier alpha value is -2.45. The average molecular weight is 334 g/mol. The molecular formula is C21H16ClNO. The number of fused-ring (bicyclic) bond motifs is 7.